The highest BCUT2D eigenvalue weighted by Gasteiger charge is 2.36. The van der Waals surface area contributed by atoms with Crippen LogP contribution in [0.3, 0.4) is 0 Å². The molecule has 3 rings (SSSR count). The van der Waals surface area contributed by atoms with Crippen LogP contribution >= 0.6 is 39.5 Å². The maximum atomic E-state index is 11.1. The number of benzene rings is 2. The van der Waals surface area contributed by atoms with Crippen molar-refractivity contribution < 1.29 is 14.6 Å². The number of unbranched alkanes of at least 4 members (excludes halogenated alkanes) is 2. The fourth-order valence-corrected chi connectivity index (χ4v) is 6.51. The number of ether oxygens (including phenoxy) is 1. The number of hydrogen-bond donors (Lipinski definition) is 1. The van der Waals surface area contributed by atoms with Crippen molar-refractivity contribution in [2.24, 2.45) is 5.41 Å². The molecule has 2 aromatic carbocycles. The SMILES string of the molecule is CCCCC1(CCCC)CSc2cc(OCC(=O)O)c(SC)cc2N(c2ccc(Br)cc2)C1. The van der Waals surface area contributed by atoms with Crippen LogP contribution in [-0.2, 0) is 4.79 Å². The third kappa shape index (κ3) is 6.86. The van der Waals surface area contributed by atoms with E-state index < -0.39 is 5.97 Å². The van der Waals surface area contributed by atoms with Gasteiger partial charge in [0.25, 0.3) is 0 Å². The molecule has 0 radical (unpaired) electrons. The highest BCUT2D eigenvalue weighted by atomic mass is 79.9. The molecule has 1 N–H and O–H groups in total. The van der Waals surface area contributed by atoms with Crippen molar-refractivity contribution >= 4 is 56.8 Å². The Kier molecular flexibility index (Phi) is 9.89. The molecular formula is C26H34BrNO3S2. The number of aliphatic carboxylic acids is 1. The van der Waals surface area contributed by atoms with Gasteiger partial charge in [-0.3, -0.25) is 0 Å². The summed E-state index contributed by atoms with van der Waals surface area (Å²) >= 11 is 7.07. The third-order valence-corrected chi connectivity index (χ3v) is 8.86. The number of hydrogen-bond acceptors (Lipinski definition) is 5. The number of nitrogens with zero attached hydrogens (tertiary/aromatic N) is 1. The molecule has 0 saturated carbocycles. The Morgan fingerprint density at radius 2 is 1.85 bits per heavy atom. The number of carboxylic acid groups (broad SMARTS) is 1. The zero-order valence-corrected chi connectivity index (χ0v) is 23.0. The Balaban J connectivity index is 2.09. The number of fused-ring (bicyclic) bond motifs is 1. The van der Waals surface area contributed by atoms with E-state index in [0.29, 0.717) is 5.75 Å². The molecule has 0 unspecified atom stereocenters. The Morgan fingerprint density at radius 3 is 2.42 bits per heavy atom. The first kappa shape index (κ1) is 26.3. The molecule has 0 atom stereocenters. The number of halogens is 1. The molecule has 1 aliphatic rings. The lowest BCUT2D eigenvalue weighted by Crippen LogP contribution is -2.36. The normalized spacial score (nSPS) is 15.1. The highest BCUT2D eigenvalue weighted by Crippen LogP contribution is 2.50. The van der Waals surface area contributed by atoms with Crippen LogP contribution in [0.4, 0.5) is 11.4 Å². The molecule has 7 heteroatoms. The summed E-state index contributed by atoms with van der Waals surface area (Å²) in [5.41, 5.74) is 2.60. The lowest BCUT2D eigenvalue weighted by Gasteiger charge is -2.37. The predicted octanol–water partition coefficient (Wildman–Crippen LogP) is 8.25. The number of anilines is 2. The molecule has 0 bridgehead atoms. The van der Waals surface area contributed by atoms with Crippen LogP contribution < -0.4 is 9.64 Å². The predicted molar refractivity (Wildman–Crippen MR) is 145 cm³/mol. The van der Waals surface area contributed by atoms with Crippen LogP contribution in [0.5, 0.6) is 5.75 Å². The van der Waals surface area contributed by atoms with Crippen LogP contribution in [-0.4, -0.2) is 36.2 Å². The molecule has 1 heterocycles. The molecule has 0 amide bonds. The van der Waals surface area contributed by atoms with Crippen LogP contribution in [0.2, 0.25) is 0 Å². The van der Waals surface area contributed by atoms with Gasteiger partial charge in [-0.15, -0.1) is 23.5 Å². The summed E-state index contributed by atoms with van der Waals surface area (Å²) in [6, 6.07) is 12.8. The fraction of sp³-hybridized carbons (Fsp3) is 0.500. The molecule has 0 spiro atoms. The third-order valence-electron chi connectivity index (χ3n) is 6.17. The molecule has 0 aliphatic carbocycles. The Hall–Kier alpha value is -1.31. The van der Waals surface area contributed by atoms with Gasteiger partial charge in [0.05, 0.1) is 10.6 Å². The van der Waals surface area contributed by atoms with E-state index in [1.165, 1.54) is 49.9 Å². The van der Waals surface area contributed by atoms with Gasteiger partial charge in [0.1, 0.15) is 5.75 Å². The topological polar surface area (TPSA) is 49.8 Å². The second-order valence-corrected chi connectivity index (χ2v) is 11.5. The van der Waals surface area contributed by atoms with E-state index in [0.717, 1.165) is 26.6 Å². The van der Waals surface area contributed by atoms with Gasteiger partial charge in [-0.2, -0.15) is 0 Å². The van der Waals surface area contributed by atoms with Crippen molar-refractivity contribution in [1.82, 2.24) is 0 Å². The van der Waals surface area contributed by atoms with Gasteiger partial charge in [0.2, 0.25) is 0 Å². The molecule has 180 valence electrons. The summed E-state index contributed by atoms with van der Waals surface area (Å²) < 4.78 is 6.75. The van der Waals surface area contributed by atoms with Gasteiger partial charge < -0.3 is 14.7 Å². The van der Waals surface area contributed by atoms with Gasteiger partial charge in [-0.05, 0) is 60.9 Å². The summed E-state index contributed by atoms with van der Waals surface area (Å²) in [7, 11) is 0. The Labute approximate surface area is 215 Å². The zero-order chi connectivity index (χ0) is 23.8. The van der Waals surface area contributed by atoms with Gasteiger partial charge in [-0.25, -0.2) is 4.79 Å². The van der Waals surface area contributed by atoms with E-state index in [9.17, 15) is 4.79 Å². The van der Waals surface area contributed by atoms with Crippen LogP contribution in [0.1, 0.15) is 52.4 Å². The van der Waals surface area contributed by atoms with Crippen molar-refractivity contribution in [2.75, 3.05) is 30.1 Å². The Bertz CT molecular complexity index is 928. The first-order valence-electron chi connectivity index (χ1n) is 11.6. The Morgan fingerprint density at radius 1 is 1.18 bits per heavy atom. The van der Waals surface area contributed by atoms with E-state index in [4.69, 9.17) is 9.84 Å². The molecule has 0 aromatic heterocycles. The lowest BCUT2D eigenvalue weighted by molar-refractivity contribution is -0.139. The summed E-state index contributed by atoms with van der Waals surface area (Å²) in [5.74, 6) is 0.755. The van der Waals surface area contributed by atoms with E-state index in [1.54, 1.807) is 11.8 Å². The minimum absolute atomic E-state index is 0.227. The first-order valence-corrected chi connectivity index (χ1v) is 14.6. The molecule has 0 fully saturated rings. The van der Waals surface area contributed by atoms with Gasteiger partial charge >= 0.3 is 5.97 Å². The molecule has 33 heavy (non-hydrogen) atoms. The minimum Gasteiger partial charge on any atom is -0.481 e. The summed E-state index contributed by atoms with van der Waals surface area (Å²) in [6.07, 6.45) is 9.32. The first-order chi connectivity index (χ1) is 15.9. The van der Waals surface area contributed by atoms with Crippen molar-refractivity contribution in [2.45, 2.75) is 62.2 Å². The van der Waals surface area contributed by atoms with Gasteiger partial charge in [0, 0.05) is 27.4 Å². The van der Waals surface area contributed by atoms with E-state index >= 15 is 0 Å². The van der Waals surface area contributed by atoms with Crippen LogP contribution in [0.25, 0.3) is 0 Å². The molecule has 4 nitrogen and oxygen atoms in total. The van der Waals surface area contributed by atoms with Crippen molar-refractivity contribution in [3.8, 4) is 5.75 Å². The number of carbonyl (C=O) groups is 1. The minimum atomic E-state index is -0.959. The zero-order valence-electron chi connectivity index (χ0n) is 19.7. The monoisotopic (exact) mass is 551 g/mol. The lowest BCUT2D eigenvalue weighted by atomic mass is 9.79. The van der Waals surface area contributed by atoms with Crippen molar-refractivity contribution in [1.29, 1.82) is 0 Å². The summed E-state index contributed by atoms with van der Waals surface area (Å²) in [4.78, 5) is 15.7. The van der Waals surface area contributed by atoms with E-state index in [1.807, 2.05) is 18.0 Å². The second kappa shape index (κ2) is 12.4. The summed E-state index contributed by atoms with van der Waals surface area (Å²) in [5, 5.41) is 9.12. The molecule has 2 aromatic rings. The van der Waals surface area contributed by atoms with E-state index in [-0.39, 0.29) is 12.0 Å². The number of carboxylic acids is 1. The molecule has 0 saturated heterocycles. The smallest absolute Gasteiger partial charge is 0.341 e. The van der Waals surface area contributed by atoms with Gasteiger partial charge in [-0.1, -0.05) is 55.5 Å². The van der Waals surface area contributed by atoms with Crippen LogP contribution in [0.15, 0.2) is 50.7 Å². The largest absolute Gasteiger partial charge is 0.481 e. The average Bonchev–Trinajstić information content (AvgIpc) is 2.97. The molecule has 1 aliphatic heterocycles. The fourth-order valence-electron chi connectivity index (χ4n) is 4.35. The van der Waals surface area contributed by atoms with Crippen molar-refractivity contribution in [3.63, 3.8) is 0 Å². The maximum absolute atomic E-state index is 11.1. The standard InChI is InChI=1S/C26H34BrNO3S2/c1-4-6-12-26(13-7-5-2)17-28(20-10-8-19(27)9-11-20)21-14-24(32-3)22(31-16-25(29)30)15-23(21)33-18-26/h8-11,14-15H,4-7,12-13,16-18H2,1-3H3,(H,29,30). The summed E-state index contributed by atoms with van der Waals surface area (Å²) in [6.45, 7) is 5.20. The number of rotatable bonds is 11. The number of thioether (sulfide) groups is 2. The maximum Gasteiger partial charge on any atom is 0.341 e. The van der Waals surface area contributed by atoms with Gasteiger partial charge in [0.15, 0.2) is 6.61 Å². The van der Waals surface area contributed by atoms with Crippen LogP contribution in [0, 0.1) is 5.41 Å². The highest BCUT2D eigenvalue weighted by molar-refractivity contribution is 9.10. The molecular weight excluding hydrogens is 518 g/mol. The average molecular weight is 553 g/mol. The van der Waals surface area contributed by atoms with E-state index in [2.05, 4.69) is 71.1 Å². The van der Waals surface area contributed by atoms with Crippen molar-refractivity contribution in [3.05, 3.63) is 40.9 Å². The second-order valence-electron chi connectivity index (χ2n) is 8.71. The quantitative estimate of drug-likeness (QED) is 0.283.